The number of alkyl halides is 3. The second-order valence-corrected chi connectivity index (χ2v) is 4.86. The Labute approximate surface area is 109 Å². The van der Waals surface area contributed by atoms with Crippen LogP contribution in [0.15, 0.2) is 12.1 Å². The summed E-state index contributed by atoms with van der Waals surface area (Å²) in [5.41, 5.74) is 5.66. The maximum Gasteiger partial charge on any atom is 0.364 e. The summed E-state index contributed by atoms with van der Waals surface area (Å²) in [7, 11) is 0. The zero-order chi connectivity index (χ0) is 13.2. The maximum atomic E-state index is 13.0. The zero-order valence-corrected chi connectivity index (χ0v) is 10.6. The summed E-state index contributed by atoms with van der Waals surface area (Å²) in [6.07, 6.45) is 4.07. The highest BCUT2D eigenvalue weighted by atomic mass is 35.5. The highest BCUT2D eigenvalue weighted by Gasteiger charge is 2.31. The molecule has 1 aromatic heterocycles. The summed E-state index contributed by atoms with van der Waals surface area (Å²) in [4.78, 5) is 3.79. The number of rotatable bonds is 4. The Morgan fingerprint density at radius 2 is 2.06 bits per heavy atom. The predicted octanol–water partition coefficient (Wildman–Crippen LogP) is 3.15. The van der Waals surface area contributed by atoms with Gasteiger partial charge in [-0.15, -0.1) is 0 Å². The third-order valence-electron chi connectivity index (χ3n) is 3.03. The average molecular weight is 277 g/mol. The van der Waals surface area contributed by atoms with E-state index in [0.29, 0.717) is 5.56 Å². The molecule has 18 heavy (non-hydrogen) atoms. The van der Waals surface area contributed by atoms with Crippen molar-refractivity contribution >= 4 is 11.6 Å². The quantitative estimate of drug-likeness (QED) is 0.860. The van der Waals surface area contributed by atoms with Gasteiger partial charge in [-0.2, -0.15) is 8.78 Å². The summed E-state index contributed by atoms with van der Waals surface area (Å²) in [5, 5.41) is -3.49. The molecule has 0 saturated heterocycles. The molecule has 0 spiro atoms. The van der Waals surface area contributed by atoms with Crippen molar-refractivity contribution in [3.05, 3.63) is 23.4 Å². The van der Waals surface area contributed by atoms with Crippen molar-refractivity contribution in [2.24, 2.45) is 5.73 Å². The van der Waals surface area contributed by atoms with E-state index in [1.54, 1.807) is 0 Å². The van der Waals surface area contributed by atoms with Crippen LogP contribution >= 0.6 is 11.6 Å². The molecule has 0 radical (unpaired) electrons. The van der Waals surface area contributed by atoms with Gasteiger partial charge in [-0.25, -0.2) is 4.98 Å². The lowest BCUT2D eigenvalue weighted by atomic mass is 10.2. The van der Waals surface area contributed by atoms with Crippen LogP contribution in [0.3, 0.4) is 0 Å². The van der Waals surface area contributed by atoms with Crippen molar-refractivity contribution in [1.82, 2.24) is 4.98 Å². The van der Waals surface area contributed by atoms with Crippen LogP contribution < -0.4 is 10.5 Å². The monoisotopic (exact) mass is 276 g/mol. The highest BCUT2D eigenvalue weighted by Crippen LogP contribution is 2.33. The normalized spacial score (nSPS) is 17.1. The van der Waals surface area contributed by atoms with Crippen molar-refractivity contribution in [1.29, 1.82) is 0 Å². The average Bonchev–Trinajstić information content (AvgIpc) is 2.80. The molecule has 1 aliphatic carbocycles. The van der Waals surface area contributed by atoms with E-state index in [1.807, 2.05) is 0 Å². The molecule has 1 aromatic rings. The predicted molar refractivity (Wildman–Crippen MR) is 64.8 cm³/mol. The fourth-order valence-corrected chi connectivity index (χ4v) is 2.15. The van der Waals surface area contributed by atoms with Crippen LogP contribution in [0.25, 0.3) is 0 Å². The van der Waals surface area contributed by atoms with Gasteiger partial charge in [-0.1, -0.05) is 6.07 Å². The lowest BCUT2D eigenvalue weighted by Crippen LogP contribution is -2.16. The third kappa shape index (κ3) is 3.09. The number of hydrogen-bond donors (Lipinski definition) is 1. The molecule has 100 valence electrons. The largest absolute Gasteiger partial charge is 0.474 e. The number of ether oxygens (including phenoxy) is 1. The molecule has 1 saturated carbocycles. The second-order valence-electron chi connectivity index (χ2n) is 4.39. The summed E-state index contributed by atoms with van der Waals surface area (Å²) in [5.74, 6) is 0.183. The minimum absolute atomic E-state index is 0.0435. The Hall–Kier alpha value is -0.940. The lowest BCUT2D eigenvalue weighted by Gasteiger charge is -2.16. The molecular weight excluding hydrogens is 262 g/mol. The van der Waals surface area contributed by atoms with Crippen LogP contribution in [0.2, 0.25) is 0 Å². The molecule has 0 aromatic carbocycles. The summed E-state index contributed by atoms with van der Waals surface area (Å²) in [6.45, 7) is 0.198. The molecule has 0 amide bonds. The SMILES string of the molecule is NCc1ccc(C(F)(F)Cl)nc1OC1CCCC1. The van der Waals surface area contributed by atoms with E-state index in [0.717, 1.165) is 25.7 Å². The lowest BCUT2D eigenvalue weighted by molar-refractivity contribution is 0.0879. The molecule has 3 nitrogen and oxygen atoms in total. The molecule has 2 N–H and O–H groups in total. The molecule has 0 atom stereocenters. The number of pyridine rings is 1. The highest BCUT2D eigenvalue weighted by molar-refractivity contribution is 6.21. The van der Waals surface area contributed by atoms with Crippen molar-refractivity contribution in [2.45, 2.75) is 43.7 Å². The minimum Gasteiger partial charge on any atom is -0.474 e. The fraction of sp³-hybridized carbons (Fsp3) is 0.583. The van der Waals surface area contributed by atoms with Gasteiger partial charge in [0.1, 0.15) is 11.8 Å². The van der Waals surface area contributed by atoms with Gasteiger partial charge in [0.05, 0.1) is 0 Å². The van der Waals surface area contributed by atoms with Crippen LogP contribution in [0.5, 0.6) is 5.88 Å². The number of aromatic nitrogens is 1. The van der Waals surface area contributed by atoms with Crippen LogP contribution in [-0.4, -0.2) is 11.1 Å². The Bertz CT molecular complexity index is 417. The maximum absolute atomic E-state index is 13.0. The van der Waals surface area contributed by atoms with Gasteiger partial charge in [0.15, 0.2) is 0 Å². The van der Waals surface area contributed by atoms with E-state index in [2.05, 4.69) is 4.98 Å². The van der Waals surface area contributed by atoms with E-state index in [9.17, 15) is 8.78 Å². The van der Waals surface area contributed by atoms with Crippen LogP contribution in [0.4, 0.5) is 8.78 Å². The van der Waals surface area contributed by atoms with E-state index in [4.69, 9.17) is 22.1 Å². The Balaban J connectivity index is 2.24. The molecule has 0 unspecified atom stereocenters. The van der Waals surface area contributed by atoms with Crippen molar-refractivity contribution < 1.29 is 13.5 Å². The van der Waals surface area contributed by atoms with Crippen LogP contribution in [0, 0.1) is 0 Å². The van der Waals surface area contributed by atoms with Gasteiger partial charge in [0, 0.05) is 12.1 Å². The number of nitrogens with two attached hydrogens (primary N) is 1. The first-order valence-electron chi connectivity index (χ1n) is 5.94. The minimum atomic E-state index is -3.49. The number of nitrogens with zero attached hydrogens (tertiary/aromatic N) is 1. The number of hydrogen-bond acceptors (Lipinski definition) is 3. The molecule has 0 bridgehead atoms. The van der Waals surface area contributed by atoms with Gasteiger partial charge >= 0.3 is 5.38 Å². The van der Waals surface area contributed by atoms with Gasteiger partial charge in [0.2, 0.25) is 5.88 Å². The van der Waals surface area contributed by atoms with Crippen molar-refractivity contribution in [3.63, 3.8) is 0 Å². The van der Waals surface area contributed by atoms with Crippen molar-refractivity contribution in [2.75, 3.05) is 0 Å². The summed E-state index contributed by atoms with van der Waals surface area (Å²) in [6, 6.07) is 2.67. The second kappa shape index (κ2) is 5.36. The van der Waals surface area contributed by atoms with Gasteiger partial charge in [0.25, 0.3) is 0 Å². The topological polar surface area (TPSA) is 48.1 Å². The first kappa shape index (κ1) is 13.5. The Morgan fingerprint density at radius 3 is 2.61 bits per heavy atom. The van der Waals surface area contributed by atoms with Gasteiger partial charge in [-0.3, -0.25) is 0 Å². The standard InChI is InChI=1S/C12H15ClF2N2O/c13-12(14,15)10-6-5-8(7-16)11(17-10)18-9-3-1-2-4-9/h5-6,9H,1-4,7,16H2. The van der Waals surface area contributed by atoms with E-state index >= 15 is 0 Å². The van der Waals surface area contributed by atoms with Crippen LogP contribution in [0.1, 0.15) is 36.9 Å². The van der Waals surface area contributed by atoms with Crippen LogP contribution in [-0.2, 0) is 11.9 Å². The van der Waals surface area contributed by atoms with Crippen molar-refractivity contribution in [3.8, 4) is 5.88 Å². The molecule has 1 heterocycles. The summed E-state index contributed by atoms with van der Waals surface area (Å²) >= 11 is 4.96. The fourth-order valence-electron chi connectivity index (χ4n) is 2.05. The summed E-state index contributed by atoms with van der Waals surface area (Å²) < 4.78 is 31.6. The van der Waals surface area contributed by atoms with E-state index < -0.39 is 11.1 Å². The third-order valence-corrected chi connectivity index (χ3v) is 3.22. The molecule has 1 fully saturated rings. The first-order valence-corrected chi connectivity index (χ1v) is 6.32. The van der Waals surface area contributed by atoms with Gasteiger partial charge in [-0.05, 0) is 43.4 Å². The van der Waals surface area contributed by atoms with Gasteiger partial charge < -0.3 is 10.5 Å². The van der Waals surface area contributed by atoms with E-state index in [1.165, 1.54) is 12.1 Å². The number of halogens is 3. The Kier molecular flexibility index (Phi) is 4.02. The molecule has 0 aliphatic heterocycles. The molecule has 6 heteroatoms. The molecule has 2 rings (SSSR count). The smallest absolute Gasteiger partial charge is 0.364 e. The zero-order valence-electron chi connectivity index (χ0n) is 9.83. The molecular formula is C12H15ClF2N2O. The van der Waals surface area contributed by atoms with E-state index in [-0.39, 0.29) is 18.5 Å². The Morgan fingerprint density at radius 1 is 1.39 bits per heavy atom. The first-order chi connectivity index (χ1) is 8.50. The molecule has 1 aliphatic rings.